The van der Waals surface area contributed by atoms with Gasteiger partial charge in [-0.05, 0) is 69.9 Å². The molecule has 1 aromatic heterocycles. The molecule has 1 saturated heterocycles. The SMILES string of the molecule is CC(C)Oc1cccc(C(C)Nc2ncccc2C(=O)N2CCCCC2)c1. The van der Waals surface area contributed by atoms with Crippen LogP contribution in [0.25, 0.3) is 0 Å². The quantitative estimate of drug-likeness (QED) is 0.806. The van der Waals surface area contributed by atoms with Crippen molar-refractivity contribution < 1.29 is 9.53 Å². The zero-order chi connectivity index (χ0) is 19.2. The molecular formula is C22H29N3O2. The number of carbonyl (C=O) groups excluding carboxylic acids is 1. The standard InChI is InChI=1S/C22H29N3O2/c1-16(2)27-19-10-7-9-18(15-19)17(3)24-21-20(11-8-12-23-21)22(26)25-13-5-4-6-14-25/h7-12,15-17H,4-6,13-14H2,1-3H3,(H,23,24). The number of pyridine rings is 1. The average molecular weight is 367 g/mol. The molecule has 1 aromatic carbocycles. The average Bonchev–Trinajstić information content (AvgIpc) is 2.68. The summed E-state index contributed by atoms with van der Waals surface area (Å²) in [5.74, 6) is 1.55. The van der Waals surface area contributed by atoms with Gasteiger partial charge in [0.1, 0.15) is 11.6 Å². The van der Waals surface area contributed by atoms with Gasteiger partial charge in [0.2, 0.25) is 0 Å². The molecule has 5 nitrogen and oxygen atoms in total. The molecule has 1 aliphatic heterocycles. The Bertz CT molecular complexity index is 770. The molecule has 144 valence electrons. The first-order chi connectivity index (χ1) is 13.0. The van der Waals surface area contributed by atoms with Crippen LogP contribution < -0.4 is 10.1 Å². The van der Waals surface area contributed by atoms with E-state index in [-0.39, 0.29) is 18.1 Å². The van der Waals surface area contributed by atoms with E-state index < -0.39 is 0 Å². The van der Waals surface area contributed by atoms with Gasteiger partial charge in [-0.2, -0.15) is 0 Å². The molecule has 27 heavy (non-hydrogen) atoms. The molecule has 1 atom stereocenters. The summed E-state index contributed by atoms with van der Waals surface area (Å²) >= 11 is 0. The highest BCUT2D eigenvalue weighted by molar-refractivity contribution is 5.98. The van der Waals surface area contributed by atoms with Crippen molar-refractivity contribution in [3.05, 3.63) is 53.7 Å². The third-order valence-electron chi connectivity index (χ3n) is 4.76. The fourth-order valence-corrected chi connectivity index (χ4v) is 3.38. The summed E-state index contributed by atoms with van der Waals surface area (Å²) in [5.41, 5.74) is 1.73. The number of likely N-dealkylation sites (tertiary alicyclic amines) is 1. The van der Waals surface area contributed by atoms with Crippen molar-refractivity contribution in [2.75, 3.05) is 18.4 Å². The number of hydrogen-bond donors (Lipinski definition) is 1. The largest absolute Gasteiger partial charge is 0.491 e. The maximum Gasteiger partial charge on any atom is 0.257 e. The summed E-state index contributed by atoms with van der Waals surface area (Å²) in [5, 5.41) is 3.41. The number of rotatable bonds is 6. The van der Waals surface area contributed by atoms with Crippen LogP contribution >= 0.6 is 0 Å². The lowest BCUT2D eigenvalue weighted by Gasteiger charge is -2.27. The molecule has 2 aromatic rings. The van der Waals surface area contributed by atoms with Gasteiger partial charge in [0.25, 0.3) is 5.91 Å². The summed E-state index contributed by atoms with van der Waals surface area (Å²) in [7, 11) is 0. The summed E-state index contributed by atoms with van der Waals surface area (Å²) in [6, 6.07) is 11.7. The van der Waals surface area contributed by atoms with Gasteiger partial charge in [-0.1, -0.05) is 12.1 Å². The van der Waals surface area contributed by atoms with Gasteiger partial charge in [-0.15, -0.1) is 0 Å². The lowest BCUT2D eigenvalue weighted by Crippen LogP contribution is -2.36. The third kappa shape index (κ3) is 5.00. The Labute approximate surface area is 161 Å². The van der Waals surface area contributed by atoms with E-state index >= 15 is 0 Å². The van der Waals surface area contributed by atoms with Crippen molar-refractivity contribution in [1.82, 2.24) is 9.88 Å². The van der Waals surface area contributed by atoms with E-state index in [0.29, 0.717) is 11.4 Å². The van der Waals surface area contributed by atoms with Crippen molar-refractivity contribution >= 4 is 11.7 Å². The van der Waals surface area contributed by atoms with Gasteiger partial charge in [-0.3, -0.25) is 4.79 Å². The van der Waals surface area contributed by atoms with Gasteiger partial charge >= 0.3 is 0 Å². The molecule has 1 fully saturated rings. The van der Waals surface area contributed by atoms with Gasteiger partial charge in [0.15, 0.2) is 0 Å². The number of nitrogens with one attached hydrogen (secondary N) is 1. The van der Waals surface area contributed by atoms with E-state index in [1.54, 1.807) is 6.20 Å². The predicted molar refractivity (Wildman–Crippen MR) is 108 cm³/mol. The van der Waals surface area contributed by atoms with Crippen molar-refractivity contribution in [2.24, 2.45) is 0 Å². The summed E-state index contributed by atoms with van der Waals surface area (Å²) < 4.78 is 5.79. The predicted octanol–water partition coefficient (Wildman–Crippen LogP) is 4.67. The van der Waals surface area contributed by atoms with Crippen LogP contribution in [0.5, 0.6) is 5.75 Å². The molecule has 0 saturated carbocycles. The number of hydrogen-bond acceptors (Lipinski definition) is 4. The zero-order valence-electron chi connectivity index (χ0n) is 16.4. The molecular weight excluding hydrogens is 338 g/mol. The number of aromatic nitrogens is 1. The minimum Gasteiger partial charge on any atom is -0.491 e. The smallest absolute Gasteiger partial charge is 0.257 e. The number of anilines is 1. The fourth-order valence-electron chi connectivity index (χ4n) is 3.38. The molecule has 1 amide bonds. The van der Waals surface area contributed by atoms with Crippen LogP contribution in [-0.2, 0) is 0 Å². The highest BCUT2D eigenvalue weighted by Crippen LogP contribution is 2.25. The molecule has 5 heteroatoms. The number of benzene rings is 1. The third-order valence-corrected chi connectivity index (χ3v) is 4.76. The topological polar surface area (TPSA) is 54.5 Å². The van der Waals surface area contributed by atoms with Crippen LogP contribution in [0, 0.1) is 0 Å². The number of ether oxygens (including phenoxy) is 1. The lowest BCUT2D eigenvalue weighted by atomic mass is 10.1. The number of piperidine rings is 1. The zero-order valence-corrected chi connectivity index (χ0v) is 16.4. The van der Waals surface area contributed by atoms with Crippen LogP contribution in [0.15, 0.2) is 42.6 Å². The van der Waals surface area contributed by atoms with E-state index in [4.69, 9.17) is 4.74 Å². The fraction of sp³-hybridized carbons (Fsp3) is 0.455. The van der Waals surface area contributed by atoms with Crippen molar-refractivity contribution in [2.45, 2.75) is 52.2 Å². The molecule has 1 unspecified atom stereocenters. The van der Waals surface area contributed by atoms with Crippen molar-refractivity contribution in [3.63, 3.8) is 0 Å². The molecule has 0 bridgehead atoms. The number of nitrogens with zero attached hydrogens (tertiary/aromatic N) is 2. The van der Waals surface area contributed by atoms with Crippen LogP contribution in [0.4, 0.5) is 5.82 Å². The molecule has 0 radical (unpaired) electrons. The molecule has 3 rings (SSSR count). The van der Waals surface area contributed by atoms with Crippen molar-refractivity contribution in [1.29, 1.82) is 0 Å². The van der Waals surface area contributed by atoms with Gasteiger partial charge in [0, 0.05) is 19.3 Å². The molecule has 0 aliphatic carbocycles. The van der Waals surface area contributed by atoms with E-state index in [1.807, 2.05) is 49.1 Å². The van der Waals surface area contributed by atoms with Crippen LogP contribution in [-0.4, -0.2) is 35.0 Å². The van der Waals surface area contributed by atoms with E-state index in [2.05, 4.69) is 23.3 Å². The minimum atomic E-state index is 0.00326. The maximum atomic E-state index is 12.9. The van der Waals surface area contributed by atoms with E-state index in [0.717, 1.165) is 37.2 Å². The Morgan fingerprint density at radius 1 is 1.11 bits per heavy atom. The first-order valence-corrected chi connectivity index (χ1v) is 9.82. The number of amides is 1. The normalized spacial score (nSPS) is 15.5. The van der Waals surface area contributed by atoms with Gasteiger partial charge in [0.05, 0.1) is 17.7 Å². The highest BCUT2D eigenvalue weighted by atomic mass is 16.5. The molecule has 1 N–H and O–H groups in total. The Morgan fingerprint density at radius 3 is 2.63 bits per heavy atom. The second-order valence-corrected chi connectivity index (χ2v) is 7.36. The van der Waals surface area contributed by atoms with Crippen LogP contribution in [0.3, 0.4) is 0 Å². The Balaban J connectivity index is 1.76. The Kier molecular flexibility index (Phi) is 6.32. The van der Waals surface area contributed by atoms with Crippen LogP contribution in [0.1, 0.15) is 62.0 Å². The maximum absolute atomic E-state index is 12.9. The highest BCUT2D eigenvalue weighted by Gasteiger charge is 2.22. The molecule has 1 aliphatic rings. The van der Waals surface area contributed by atoms with Gasteiger partial charge in [-0.25, -0.2) is 4.98 Å². The molecule has 2 heterocycles. The van der Waals surface area contributed by atoms with Crippen molar-refractivity contribution in [3.8, 4) is 5.75 Å². The second kappa shape index (κ2) is 8.89. The second-order valence-electron chi connectivity index (χ2n) is 7.36. The molecule has 0 spiro atoms. The van der Waals surface area contributed by atoms with Crippen LogP contribution in [0.2, 0.25) is 0 Å². The minimum absolute atomic E-state index is 0.00326. The van der Waals surface area contributed by atoms with E-state index in [9.17, 15) is 4.79 Å². The summed E-state index contributed by atoms with van der Waals surface area (Å²) in [6.07, 6.45) is 5.21. The summed E-state index contributed by atoms with van der Waals surface area (Å²) in [4.78, 5) is 19.3. The first-order valence-electron chi connectivity index (χ1n) is 9.82. The van der Waals surface area contributed by atoms with Gasteiger partial charge < -0.3 is 15.0 Å². The lowest BCUT2D eigenvalue weighted by molar-refractivity contribution is 0.0725. The van der Waals surface area contributed by atoms with E-state index in [1.165, 1.54) is 6.42 Å². The number of carbonyl (C=O) groups is 1. The Hall–Kier alpha value is -2.56. The Morgan fingerprint density at radius 2 is 1.89 bits per heavy atom. The first kappa shape index (κ1) is 19.2. The summed E-state index contributed by atoms with van der Waals surface area (Å²) in [6.45, 7) is 7.76. The monoisotopic (exact) mass is 367 g/mol.